The van der Waals surface area contributed by atoms with Gasteiger partial charge >= 0.3 is 0 Å². The third-order valence-electron chi connectivity index (χ3n) is 6.30. The fraction of sp³-hybridized carbons (Fsp3) is 0.520. The normalized spacial score (nSPS) is 18.9. The number of hydrogen-bond acceptors (Lipinski definition) is 6. The Labute approximate surface area is 195 Å². The third-order valence-corrected chi connectivity index (χ3v) is 6.30. The quantitative estimate of drug-likeness (QED) is 0.612. The highest BCUT2D eigenvalue weighted by atomic mass is 16.5. The molecule has 0 radical (unpaired) electrons. The van der Waals surface area contributed by atoms with Gasteiger partial charge in [0.2, 0.25) is 5.91 Å². The zero-order chi connectivity index (χ0) is 23.0. The molecule has 2 saturated heterocycles. The van der Waals surface area contributed by atoms with Crippen molar-refractivity contribution in [2.75, 3.05) is 45.9 Å². The highest BCUT2D eigenvalue weighted by Crippen LogP contribution is 2.16. The number of aryl methyl sites for hydroxylation is 1. The van der Waals surface area contributed by atoms with Crippen molar-refractivity contribution in [3.63, 3.8) is 0 Å². The lowest BCUT2D eigenvalue weighted by molar-refractivity contribution is -0.133. The van der Waals surface area contributed by atoms with E-state index in [1.807, 2.05) is 17.9 Å². The number of carbonyl (C=O) groups excluding carboxylic acids is 2. The molecule has 3 heterocycles. The van der Waals surface area contributed by atoms with Crippen molar-refractivity contribution >= 4 is 11.8 Å². The molecule has 2 aliphatic heterocycles. The first-order valence-corrected chi connectivity index (χ1v) is 11.8. The van der Waals surface area contributed by atoms with E-state index in [0.29, 0.717) is 25.2 Å². The molecule has 4 rings (SSSR count). The minimum Gasteiger partial charge on any atom is -0.376 e. The molecule has 8 nitrogen and oxygen atoms in total. The molecular weight excluding hydrogens is 418 g/mol. The third kappa shape index (κ3) is 6.58. The summed E-state index contributed by atoms with van der Waals surface area (Å²) in [5.74, 6) is -0.104. The van der Waals surface area contributed by atoms with Crippen LogP contribution in [0.4, 0.5) is 0 Å². The van der Waals surface area contributed by atoms with Crippen LogP contribution in [0.3, 0.4) is 0 Å². The SMILES string of the molecule is Cc1cnc(C(=O)N(CCC(=O)N2CCN(Cc3ccccc3)CC2)CC2CCCO2)cn1. The summed E-state index contributed by atoms with van der Waals surface area (Å²) in [4.78, 5) is 40.4. The number of aromatic nitrogens is 2. The zero-order valence-electron chi connectivity index (χ0n) is 19.4. The molecule has 2 amide bonds. The summed E-state index contributed by atoms with van der Waals surface area (Å²) in [6.45, 7) is 7.46. The van der Waals surface area contributed by atoms with Gasteiger partial charge in [-0.05, 0) is 25.3 Å². The Hall–Kier alpha value is -2.84. The molecule has 1 aromatic heterocycles. The summed E-state index contributed by atoms with van der Waals surface area (Å²) in [6.07, 6.45) is 5.36. The first-order valence-electron chi connectivity index (χ1n) is 11.8. The van der Waals surface area contributed by atoms with Crippen LogP contribution in [0, 0.1) is 6.92 Å². The van der Waals surface area contributed by atoms with Gasteiger partial charge in [0.15, 0.2) is 0 Å². The molecule has 1 aromatic carbocycles. The van der Waals surface area contributed by atoms with Gasteiger partial charge in [-0.25, -0.2) is 4.98 Å². The molecule has 1 unspecified atom stereocenters. The number of benzene rings is 1. The Morgan fingerprint density at radius 2 is 1.88 bits per heavy atom. The summed E-state index contributed by atoms with van der Waals surface area (Å²) in [5.41, 5.74) is 2.36. The highest BCUT2D eigenvalue weighted by Gasteiger charge is 2.26. The highest BCUT2D eigenvalue weighted by molar-refractivity contribution is 5.92. The molecule has 1 atom stereocenters. The van der Waals surface area contributed by atoms with E-state index >= 15 is 0 Å². The zero-order valence-corrected chi connectivity index (χ0v) is 19.4. The lowest BCUT2D eigenvalue weighted by Gasteiger charge is -2.35. The number of nitrogens with zero attached hydrogens (tertiary/aromatic N) is 5. The minimum atomic E-state index is -0.196. The Kier molecular flexibility index (Phi) is 8.01. The number of carbonyl (C=O) groups is 2. The smallest absolute Gasteiger partial charge is 0.274 e. The van der Waals surface area contributed by atoms with E-state index in [4.69, 9.17) is 4.74 Å². The Bertz CT molecular complexity index is 907. The molecule has 0 bridgehead atoms. The van der Waals surface area contributed by atoms with Gasteiger partial charge in [-0.2, -0.15) is 0 Å². The number of hydrogen-bond donors (Lipinski definition) is 0. The van der Waals surface area contributed by atoms with Crippen LogP contribution in [0.15, 0.2) is 42.7 Å². The van der Waals surface area contributed by atoms with Gasteiger partial charge in [0, 0.05) is 65.0 Å². The Balaban J connectivity index is 1.29. The molecule has 8 heteroatoms. The van der Waals surface area contributed by atoms with Crippen molar-refractivity contribution in [1.29, 1.82) is 0 Å². The molecular formula is C25H33N5O3. The molecule has 0 spiro atoms. The van der Waals surface area contributed by atoms with E-state index in [9.17, 15) is 9.59 Å². The molecule has 0 N–H and O–H groups in total. The van der Waals surface area contributed by atoms with Crippen molar-refractivity contribution in [3.8, 4) is 0 Å². The van der Waals surface area contributed by atoms with Gasteiger partial charge in [-0.15, -0.1) is 0 Å². The summed E-state index contributed by atoms with van der Waals surface area (Å²) in [7, 11) is 0. The lowest BCUT2D eigenvalue weighted by Crippen LogP contribution is -2.49. The van der Waals surface area contributed by atoms with E-state index in [1.54, 1.807) is 11.1 Å². The average Bonchev–Trinajstić information content (AvgIpc) is 3.36. The van der Waals surface area contributed by atoms with Crippen LogP contribution in [0.5, 0.6) is 0 Å². The molecule has 2 aliphatic rings. The van der Waals surface area contributed by atoms with Crippen LogP contribution in [0.2, 0.25) is 0 Å². The van der Waals surface area contributed by atoms with E-state index in [2.05, 4.69) is 39.1 Å². The van der Waals surface area contributed by atoms with Gasteiger partial charge in [-0.1, -0.05) is 30.3 Å². The number of piperazine rings is 1. The molecule has 33 heavy (non-hydrogen) atoms. The number of rotatable bonds is 8. The standard InChI is InChI=1S/C25H33N5O3/c1-20-16-27-23(17-26-20)25(32)30(19-22-8-5-15-33-22)10-9-24(31)29-13-11-28(12-14-29)18-21-6-3-2-4-7-21/h2-4,6-7,16-17,22H,5,8-15,18-19H2,1H3. The molecule has 0 aliphatic carbocycles. The maximum atomic E-state index is 13.1. The second-order valence-corrected chi connectivity index (χ2v) is 8.82. The monoisotopic (exact) mass is 451 g/mol. The van der Waals surface area contributed by atoms with E-state index in [-0.39, 0.29) is 17.9 Å². The van der Waals surface area contributed by atoms with Gasteiger partial charge in [0.1, 0.15) is 5.69 Å². The first-order chi connectivity index (χ1) is 16.1. The predicted octanol–water partition coefficient (Wildman–Crippen LogP) is 2.14. The molecule has 0 saturated carbocycles. The fourth-order valence-electron chi connectivity index (χ4n) is 4.36. The van der Waals surface area contributed by atoms with Crippen LogP contribution in [0.25, 0.3) is 0 Å². The predicted molar refractivity (Wildman–Crippen MR) is 125 cm³/mol. The van der Waals surface area contributed by atoms with Crippen LogP contribution in [-0.4, -0.2) is 88.5 Å². The molecule has 176 valence electrons. The molecule has 2 fully saturated rings. The van der Waals surface area contributed by atoms with Crippen molar-refractivity contribution in [1.82, 2.24) is 24.7 Å². The van der Waals surface area contributed by atoms with Gasteiger partial charge in [0.25, 0.3) is 5.91 Å². The first kappa shape index (κ1) is 23.3. The van der Waals surface area contributed by atoms with Gasteiger partial charge in [-0.3, -0.25) is 19.5 Å². The minimum absolute atomic E-state index is 0.0176. The van der Waals surface area contributed by atoms with Gasteiger partial charge in [0.05, 0.1) is 18.0 Å². The van der Waals surface area contributed by atoms with Gasteiger partial charge < -0.3 is 14.5 Å². The van der Waals surface area contributed by atoms with Crippen LogP contribution in [-0.2, 0) is 16.1 Å². The summed E-state index contributed by atoms with van der Waals surface area (Å²) in [6, 6.07) is 10.4. The Morgan fingerprint density at radius 3 is 2.55 bits per heavy atom. The fourth-order valence-corrected chi connectivity index (χ4v) is 4.36. The Morgan fingerprint density at radius 1 is 1.09 bits per heavy atom. The van der Waals surface area contributed by atoms with Crippen molar-refractivity contribution in [2.24, 2.45) is 0 Å². The summed E-state index contributed by atoms with van der Waals surface area (Å²) < 4.78 is 5.74. The number of ether oxygens (including phenoxy) is 1. The second kappa shape index (κ2) is 11.3. The van der Waals surface area contributed by atoms with Crippen molar-refractivity contribution in [2.45, 2.75) is 38.8 Å². The summed E-state index contributed by atoms with van der Waals surface area (Å²) in [5, 5.41) is 0. The number of amides is 2. The maximum absolute atomic E-state index is 13.1. The van der Waals surface area contributed by atoms with Crippen LogP contribution in [0.1, 0.15) is 41.0 Å². The van der Waals surface area contributed by atoms with Crippen LogP contribution >= 0.6 is 0 Å². The second-order valence-electron chi connectivity index (χ2n) is 8.82. The average molecular weight is 452 g/mol. The van der Waals surface area contributed by atoms with E-state index in [0.717, 1.165) is 57.9 Å². The van der Waals surface area contributed by atoms with Crippen molar-refractivity contribution in [3.05, 3.63) is 59.7 Å². The topological polar surface area (TPSA) is 78.9 Å². The lowest BCUT2D eigenvalue weighted by atomic mass is 10.2. The largest absolute Gasteiger partial charge is 0.376 e. The van der Waals surface area contributed by atoms with Crippen molar-refractivity contribution < 1.29 is 14.3 Å². The van der Waals surface area contributed by atoms with E-state index in [1.165, 1.54) is 11.8 Å². The maximum Gasteiger partial charge on any atom is 0.274 e. The van der Waals surface area contributed by atoms with E-state index < -0.39 is 0 Å². The van der Waals surface area contributed by atoms with Crippen LogP contribution < -0.4 is 0 Å². The molecule has 2 aromatic rings. The summed E-state index contributed by atoms with van der Waals surface area (Å²) >= 11 is 0.